The summed E-state index contributed by atoms with van der Waals surface area (Å²) in [4.78, 5) is 24.9. The quantitative estimate of drug-likeness (QED) is 0.825. The molecule has 0 atom stereocenters. The Hall–Kier alpha value is -2.04. The molecule has 1 aliphatic rings. The second-order valence-corrected chi connectivity index (χ2v) is 4.79. The van der Waals surface area contributed by atoms with Gasteiger partial charge in [-0.05, 0) is 31.5 Å². The average Bonchev–Trinajstić information content (AvgIpc) is 2.52. The number of ether oxygens (including phenoxy) is 1. The number of urea groups is 1. The van der Waals surface area contributed by atoms with Gasteiger partial charge in [0.2, 0.25) is 0 Å². The van der Waals surface area contributed by atoms with Crippen LogP contribution in [0.15, 0.2) is 24.3 Å². The van der Waals surface area contributed by atoms with Crippen LogP contribution in [-0.4, -0.2) is 29.5 Å². The van der Waals surface area contributed by atoms with Gasteiger partial charge in [0, 0.05) is 0 Å². The number of carbonyl (C=O) groups excluding carboxylic acids is 2. The van der Waals surface area contributed by atoms with Crippen molar-refractivity contribution < 1.29 is 14.3 Å². The van der Waals surface area contributed by atoms with Crippen molar-refractivity contribution in [1.82, 2.24) is 10.2 Å². The molecule has 0 aromatic heterocycles. The number of carbonyl (C=O) groups is 2. The lowest BCUT2D eigenvalue weighted by molar-refractivity contribution is -0.130. The van der Waals surface area contributed by atoms with Gasteiger partial charge in [0.25, 0.3) is 5.91 Å². The molecule has 0 unspecified atom stereocenters. The Labute approximate surface area is 106 Å². The van der Waals surface area contributed by atoms with Crippen LogP contribution in [0.2, 0.25) is 0 Å². The molecule has 0 saturated carbocycles. The van der Waals surface area contributed by atoms with Gasteiger partial charge in [0.15, 0.2) is 0 Å². The fraction of sp³-hybridized carbons (Fsp3) is 0.385. The van der Waals surface area contributed by atoms with E-state index in [1.807, 2.05) is 12.1 Å². The van der Waals surface area contributed by atoms with Crippen molar-refractivity contribution in [2.45, 2.75) is 25.9 Å². The summed E-state index contributed by atoms with van der Waals surface area (Å²) in [5.41, 5.74) is 0.0702. The van der Waals surface area contributed by atoms with E-state index in [9.17, 15) is 9.59 Å². The lowest BCUT2D eigenvalue weighted by atomic mass is 10.1. The Bertz CT molecular complexity index is 480. The number of amides is 3. The molecule has 1 fully saturated rings. The summed E-state index contributed by atoms with van der Waals surface area (Å²) in [6.45, 7) is 3.67. The lowest BCUT2D eigenvalue weighted by Gasteiger charge is -2.16. The molecule has 5 heteroatoms. The minimum Gasteiger partial charge on any atom is -0.497 e. The Balaban J connectivity index is 2.14. The molecule has 0 aliphatic carbocycles. The van der Waals surface area contributed by atoms with E-state index < -0.39 is 5.54 Å². The Morgan fingerprint density at radius 1 is 1.22 bits per heavy atom. The van der Waals surface area contributed by atoms with Crippen molar-refractivity contribution in [3.05, 3.63) is 29.8 Å². The van der Waals surface area contributed by atoms with Crippen molar-refractivity contribution in [2.24, 2.45) is 0 Å². The summed E-state index contributed by atoms with van der Waals surface area (Å²) in [6.07, 6.45) is 0. The zero-order chi connectivity index (χ0) is 13.3. The first kappa shape index (κ1) is 12.4. The number of nitrogens with zero attached hydrogens (tertiary/aromatic N) is 1. The van der Waals surface area contributed by atoms with Crippen LogP contribution in [0.25, 0.3) is 0 Å². The molecule has 3 amide bonds. The third-order valence-corrected chi connectivity index (χ3v) is 2.94. The molecular weight excluding hydrogens is 232 g/mol. The molecule has 2 rings (SSSR count). The Kier molecular flexibility index (Phi) is 2.98. The molecular formula is C13H16N2O3. The first-order chi connectivity index (χ1) is 8.44. The maximum Gasteiger partial charge on any atom is 0.325 e. The number of imide groups is 1. The second kappa shape index (κ2) is 4.33. The fourth-order valence-electron chi connectivity index (χ4n) is 1.88. The standard InChI is InChI=1S/C13H16N2O3/c1-13(2)11(16)15(12(17)14-13)8-9-4-6-10(18-3)7-5-9/h4-7H,8H2,1-3H3,(H,14,17). The number of hydrogen-bond acceptors (Lipinski definition) is 3. The summed E-state index contributed by atoms with van der Waals surface area (Å²) in [7, 11) is 1.59. The number of methoxy groups -OCH3 is 1. The first-order valence-electron chi connectivity index (χ1n) is 5.71. The molecule has 1 saturated heterocycles. The molecule has 0 bridgehead atoms. The van der Waals surface area contributed by atoms with Crippen molar-refractivity contribution >= 4 is 11.9 Å². The third kappa shape index (κ3) is 2.16. The highest BCUT2D eigenvalue weighted by molar-refractivity contribution is 6.06. The van der Waals surface area contributed by atoms with Crippen LogP contribution in [0, 0.1) is 0 Å². The molecule has 18 heavy (non-hydrogen) atoms. The van der Waals surface area contributed by atoms with Crippen LogP contribution >= 0.6 is 0 Å². The van der Waals surface area contributed by atoms with E-state index in [1.165, 1.54) is 4.90 Å². The monoisotopic (exact) mass is 248 g/mol. The van der Waals surface area contributed by atoms with Crippen molar-refractivity contribution in [3.8, 4) is 5.75 Å². The number of rotatable bonds is 3. The number of benzene rings is 1. The van der Waals surface area contributed by atoms with E-state index >= 15 is 0 Å². The maximum atomic E-state index is 12.0. The predicted octanol–water partition coefficient (Wildman–Crippen LogP) is 1.53. The van der Waals surface area contributed by atoms with E-state index in [0.29, 0.717) is 0 Å². The van der Waals surface area contributed by atoms with E-state index in [4.69, 9.17) is 4.74 Å². The van der Waals surface area contributed by atoms with Gasteiger partial charge in [-0.25, -0.2) is 4.79 Å². The third-order valence-electron chi connectivity index (χ3n) is 2.94. The smallest absolute Gasteiger partial charge is 0.325 e. The van der Waals surface area contributed by atoms with E-state index in [2.05, 4.69) is 5.32 Å². The zero-order valence-corrected chi connectivity index (χ0v) is 10.7. The maximum absolute atomic E-state index is 12.0. The zero-order valence-electron chi connectivity index (χ0n) is 10.7. The van der Waals surface area contributed by atoms with Crippen LogP contribution in [0.4, 0.5) is 4.79 Å². The van der Waals surface area contributed by atoms with Gasteiger partial charge < -0.3 is 10.1 Å². The lowest BCUT2D eigenvalue weighted by Crippen LogP contribution is -2.40. The highest BCUT2D eigenvalue weighted by Gasteiger charge is 2.43. The van der Waals surface area contributed by atoms with Gasteiger partial charge >= 0.3 is 6.03 Å². The second-order valence-electron chi connectivity index (χ2n) is 4.79. The van der Waals surface area contributed by atoms with Gasteiger partial charge in [-0.2, -0.15) is 0 Å². The molecule has 1 aromatic rings. The average molecular weight is 248 g/mol. The summed E-state index contributed by atoms with van der Waals surface area (Å²) in [6, 6.07) is 6.94. The summed E-state index contributed by atoms with van der Waals surface area (Å²) in [5.74, 6) is 0.541. The molecule has 96 valence electrons. The van der Waals surface area contributed by atoms with Gasteiger partial charge in [-0.3, -0.25) is 9.69 Å². The van der Waals surface area contributed by atoms with Crippen LogP contribution in [0.5, 0.6) is 5.75 Å². The van der Waals surface area contributed by atoms with Gasteiger partial charge in [0.05, 0.1) is 13.7 Å². The highest BCUT2D eigenvalue weighted by Crippen LogP contribution is 2.20. The fourth-order valence-corrected chi connectivity index (χ4v) is 1.88. The van der Waals surface area contributed by atoms with E-state index in [-0.39, 0.29) is 18.5 Å². The largest absolute Gasteiger partial charge is 0.497 e. The Morgan fingerprint density at radius 3 is 2.28 bits per heavy atom. The minimum absolute atomic E-state index is 0.205. The molecule has 5 nitrogen and oxygen atoms in total. The van der Waals surface area contributed by atoms with Crippen LogP contribution in [0.1, 0.15) is 19.4 Å². The number of nitrogens with one attached hydrogen (secondary N) is 1. The molecule has 0 radical (unpaired) electrons. The van der Waals surface area contributed by atoms with Crippen LogP contribution in [-0.2, 0) is 11.3 Å². The molecule has 1 N–H and O–H groups in total. The van der Waals surface area contributed by atoms with E-state index in [0.717, 1.165) is 11.3 Å². The predicted molar refractivity (Wildman–Crippen MR) is 66.2 cm³/mol. The van der Waals surface area contributed by atoms with Crippen molar-refractivity contribution in [3.63, 3.8) is 0 Å². The summed E-state index contributed by atoms with van der Waals surface area (Å²) in [5, 5.41) is 2.65. The van der Waals surface area contributed by atoms with Gasteiger partial charge in [0.1, 0.15) is 11.3 Å². The highest BCUT2D eigenvalue weighted by atomic mass is 16.5. The molecule has 0 spiro atoms. The van der Waals surface area contributed by atoms with E-state index in [1.54, 1.807) is 33.1 Å². The normalized spacial score (nSPS) is 17.8. The van der Waals surface area contributed by atoms with Crippen molar-refractivity contribution in [2.75, 3.05) is 7.11 Å². The van der Waals surface area contributed by atoms with Crippen LogP contribution < -0.4 is 10.1 Å². The first-order valence-corrected chi connectivity index (χ1v) is 5.71. The number of hydrogen-bond donors (Lipinski definition) is 1. The SMILES string of the molecule is COc1ccc(CN2C(=O)NC(C)(C)C2=O)cc1. The van der Waals surface area contributed by atoms with Gasteiger partial charge in [-0.1, -0.05) is 12.1 Å². The minimum atomic E-state index is -0.816. The summed E-state index contributed by atoms with van der Waals surface area (Å²) < 4.78 is 5.05. The molecule has 1 aliphatic heterocycles. The van der Waals surface area contributed by atoms with Crippen LogP contribution in [0.3, 0.4) is 0 Å². The molecule has 1 heterocycles. The topological polar surface area (TPSA) is 58.6 Å². The molecule has 1 aromatic carbocycles. The van der Waals surface area contributed by atoms with Crippen molar-refractivity contribution in [1.29, 1.82) is 0 Å². The summed E-state index contributed by atoms with van der Waals surface area (Å²) >= 11 is 0. The Morgan fingerprint density at radius 2 is 1.83 bits per heavy atom. The van der Waals surface area contributed by atoms with Gasteiger partial charge in [-0.15, -0.1) is 0 Å².